The van der Waals surface area contributed by atoms with E-state index in [1.54, 1.807) is 11.3 Å². The number of ether oxygens (including phenoxy) is 1. The summed E-state index contributed by atoms with van der Waals surface area (Å²) in [7, 11) is 1.81. The first kappa shape index (κ1) is 14.5. The van der Waals surface area contributed by atoms with Gasteiger partial charge in [0.15, 0.2) is 0 Å². The molecule has 1 aromatic heterocycles. The minimum absolute atomic E-state index is 0.0116. The van der Waals surface area contributed by atoms with Gasteiger partial charge >= 0.3 is 0 Å². The Hall–Kier alpha value is -0.860. The highest BCUT2D eigenvalue weighted by molar-refractivity contribution is 7.12. The molecule has 1 unspecified atom stereocenters. The Balaban J connectivity index is 1.95. The molecule has 0 aliphatic carbocycles. The summed E-state index contributed by atoms with van der Waals surface area (Å²) in [5.41, 5.74) is 5.40. The number of piperidine rings is 1. The van der Waals surface area contributed by atoms with Crippen LogP contribution in [0.3, 0.4) is 0 Å². The maximum atomic E-state index is 5.63. The van der Waals surface area contributed by atoms with E-state index in [0.29, 0.717) is 6.54 Å². The van der Waals surface area contributed by atoms with Crippen molar-refractivity contribution in [3.63, 3.8) is 0 Å². The minimum Gasteiger partial charge on any atom is -0.377 e. The average Bonchev–Trinajstić information content (AvgIpc) is 2.84. The number of hydrogen-bond acceptors (Lipinski definition) is 4. The van der Waals surface area contributed by atoms with Crippen molar-refractivity contribution in [2.24, 2.45) is 5.73 Å². The van der Waals surface area contributed by atoms with Crippen LogP contribution in [0.2, 0.25) is 0 Å². The Morgan fingerprint density at radius 1 is 1.53 bits per heavy atom. The summed E-state index contributed by atoms with van der Waals surface area (Å²) in [5.74, 6) is 5.99. The summed E-state index contributed by atoms with van der Waals surface area (Å²) in [6, 6.07) is 4.26. The topological polar surface area (TPSA) is 38.5 Å². The molecule has 19 heavy (non-hydrogen) atoms. The van der Waals surface area contributed by atoms with Gasteiger partial charge in [-0.05, 0) is 38.4 Å². The maximum absolute atomic E-state index is 5.63. The molecule has 1 saturated heterocycles. The zero-order valence-electron chi connectivity index (χ0n) is 11.7. The molecule has 0 spiro atoms. The van der Waals surface area contributed by atoms with Crippen LogP contribution in [-0.2, 0) is 11.3 Å². The van der Waals surface area contributed by atoms with Crippen LogP contribution in [0.4, 0.5) is 0 Å². The van der Waals surface area contributed by atoms with Gasteiger partial charge in [-0.1, -0.05) is 11.8 Å². The highest BCUT2D eigenvalue weighted by Gasteiger charge is 2.30. The fourth-order valence-corrected chi connectivity index (χ4v) is 3.42. The predicted octanol–water partition coefficient (Wildman–Crippen LogP) is 2.06. The molecule has 0 saturated carbocycles. The molecule has 1 aliphatic rings. The van der Waals surface area contributed by atoms with Gasteiger partial charge < -0.3 is 10.5 Å². The number of nitrogens with two attached hydrogens (primary N) is 1. The molecule has 2 heterocycles. The van der Waals surface area contributed by atoms with E-state index in [9.17, 15) is 0 Å². The van der Waals surface area contributed by atoms with E-state index in [1.165, 1.54) is 11.3 Å². The second kappa shape index (κ2) is 6.53. The van der Waals surface area contributed by atoms with E-state index in [4.69, 9.17) is 10.5 Å². The molecule has 104 valence electrons. The summed E-state index contributed by atoms with van der Waals surface area (Å²) < 4.78 is 5.63. The molecule has 4 heteroatoms. The molecule has 3 nitrogen and oxygen atoms in total. The summed E-state index contributed by atoms with van der Waals surface area (Å²) in [6.07, 6.45) is 2.35. The van der Waals surface area contributed by atoms with E-state index < -0.39 is 0 Å². The molecular weight excluding hydrogens is 256 g/mol. The summed E-state index contributed by atoms with van der Waals surface area (Å²) >= 11 is 1.76. The third kappa shape index (κ3) is 4.05. The lowest BCUT2D eigenvalue weighted by Gasteiger charge is -2.39. The molecule has 1 aromatic rings. The van der Waals surface area contributed by atoms with Crippen LogP contribution < -0.4 is 5.73 Å². The van der Waals surface area contributed by atoms with Gasteiger partial charge in [0.05, 0.1) is 17.0 Å². The van der Waals surface area contributed by atoms with E-state index in [-0.39, 0.29) is 5.60 Å². The van der Waals surface area contributed by atoms with Crippen LogP contribution in [0.15, 0.2) is 12.1 Å². The number of thiophene rings is 1. The number of rotatable bonds is 3. The van der Waals surface area contributed by atoms with E-state index >= 15 is 0 Å². The van der Waals surface area contributed by atoms with Crippen LogP contribution in [0.25, 0.3) is 0 Å². The van der Waals surface area contributed by atoms with Crippen molar-refractivity contribution in [2.45, 2.75) is 31.9 Å². The van der Waals surface area contributed by atoms with Gasteiger partial charge in [0.2, 0.25) is 0 Å². The molecule has 0 radical (unpaired) electrons. The van der Waals surface area contributed by atoms with Crippen LogP contribution in [0.5, 0.6) is 0 Å². The molecule has 2 rings (SSSR count). The van der Waals surface area contributed by atoms with Crippen LogP contribution in [0.1, 0.15) is 29.5 Å². The molecule has 1 aliphatic heterocycles. The third-order valence-corrected chi connectivity index (χ3v) is 4.57. The lowest BCUT2D eigenvalue weighted by molar-refractivity contribution is -0.0524. The largest absolute Gasteiger partial charge is 0.377 e. The zero-order valence-corrected chi connectivity index (χ0v) is 12.6. The average molecular weight is 278 g/mol. The molecule has 0 aromatic carbocycles. The molecule has 2 N–H and O–H groups in total. The zero-order chi connectivity index (χ0) is 13.7. The van der Waals surface area contributed by atoms with E-state index in [2.05, 4.69) is 35.8 Å². The Morgan fingerprint density at radius 2 is 2.37 bits per heavy atom. The Bertz CT molecular complexity index is 474. The lowest BCUT2D eigenvalue weighted by Crippen LogP contribution is -2.46. The van der Waals surface area contributed by atoms with Crippen LogP contribution in [-0.4, -0.2) is 37.2 Å². The highest BCUT2D eigenvalue weighted by atomic mass is 32.1. The molecular formula is C15H22N2OS. The predicted molar refractivity (Wildman–Crippen MR) is 80.2 cm³/mol. The Kier molecular flexibility index (Phi) is 5.00. The standard InChI is InChI=1S/C15H22N2OS/c1-15(18-2)8-4-10-17(12-15)11-14-7-6-13(19-14)5-3-9-16/h6-7H,4,8-12,16H2,1-2H3. The summed E-state index contributed by atoms with van der Waals surface area (Å²) in [6.45, 7) is 5.77. The van der Waals surface area contributed by atoms with E-state index in [1.807, 2.05) is 7.11 Å². The van der Waals surface area contributed by atoms with Gasteiger partial charge in [-0.2, -0.15) is 0 Å². The van der Waals surface area contributed by atoms with Crippen molar-refractivity contribution >= 4 is 11.3 Å². The van der Waals surface area contributed by atoms with Crippen molar-refractivity contribution in [2.75, 3.05) is 26.7 Å². The first-order valence-corrected chi connectivity index (χ1v) is 7.52. The van der Waals surface area contributed by atoms with Gasteiger partial charge in [0.1, 0.15) is 0 Å². The minimum atomic E-state index is 0.0116. The van der Waals surface area contributed by atoms with Crippen molar-refractivity contribution in [3.05, 3.63) is 21.9 Å². The normalized spacial score (nSPS) is 23.9. The van der Waals surface area contributed by atoms with Gasteiger partial charge in [-0.15, -0.1) is 11.3 Å². The van der Waals surface area contributed by atoms with Gasteiger partial charge in [0, 0.05) is 25.1 Å². The Morgan fingerprint density at radius 3 is 3.11 bits per heavy atom. The van der Waals surface area contributed by atoms with Crippen molar-refractivity contribution in [1.29, 1.82) is 0 Å². The molecule has 0 amide bonds. The summed E-state index contributed by atoms with van der Waals surface area (Å²) in [4.78, 5) is 4.94. The first-order valence-electron chi connectivity index (χ1n) is 6.70. The van der Waals surface area contributed by atoms with Crippen molar-refractivity contribution < 1.29 is 4.74 Å². The third-order valence-electron chi connectivity index (χ3n) is 3.59. The van der Waals surface area contributed by atoms with Crippen molar-refractivity contribution in [1.82, 2.24) is 4.90 Å². The number of likely N-dealkylation sites (tertiary alicyclic amines) is 1. The van der Waals surface area contributed by atoms with Crippen molar-refractivity contribution in [3.8, 4) is 11.8 Å². The molecule has 1 atom stereocenters. The van der Waals surface area contributed by atoms with Crippen LogP contribution in [0, 0.1) is 11.8 Å². The maximum Gasteiger partial charge on any atom is 0.0777 e. The van der Waals surface area contributed by atoms with Gasteiger partial charge in [0.25, 0.3) is 0 Å². The lowest BCUT2D eigenvalue weighted by atomic mass is 9.95. The molecule has 0 bridgehead atoms. The summed E-state index contributed by atoms with van der Waals surface area (Å²) in [5, 5.41) is 0. The monoisotopic (exact) mass is 278 g/mol. The van der Waals surface area contributed by atoms with Gasteiger partial charge in [-0.25, -0.2) is 0 Å². The van der Waals surface area contributed by atoms with Gasteiger partial charge in [-0.3, -0.25) is 4.90 Å². The second-order valence-corrected chi connectivity index (χ2v) is 6.41. The number of hydrogen-bond donors (Lipinski definition) is 1. The Labute approximate surface area is 119 Å². The second-order valence-electron chi connectivity index (χ2n) is 5.24. The first-order chi connectivity index (χ1) is 9.15. The fourth-order valence-electron chi connectivity index (χ4n) is 2.50. The quantitative estimate of drug-likeness (QED) is 0.860. The highest BCUT2D eigenvalue weighted by Crippen LogP contribution is 2.26. The molecule has 1 fully saturated rings. The number of methoxy groups -OCH3 is 1. The fraction of sp³-hybridized carbons (Fsp3) is 0.600. The van der Waals surface area contributed by atoms with E-state index in [0.717, 1.165) is 30.9 Å². The van der Waals surface area contributed by atoms with Crippen LogP contribution >= 0.6 is 11.3 Å². The SMILES string of the molecule is COC1(C)CCCN(Cc2ccc(C#CCN)s2)C1. The number of nitrogens with zero attached hydrogens (tertiary/aromatic N) is 1. The smallest absolute Gasteiger partial charge is 0.0777 e.